The number of anilines is 1. The normalized spacial score (nSPS) is 17.0. The molecule has 42 heavy (non-hydrogen) atoms. The van der Waals surface area contributed by atoms with E-state index in [1.165, 1.54) is 25.7 Å². The molecule has 216 valence electrons. The van der Waals surface area contributed by atoms with Crippen molar-refractivity contribution in [3.8, 4) is 22.6 Å². The van der Waals surface area contributed by atoms with Gasteiger partial charge in [0, 0.05) is 36.6 Å². The molecule has 2 aliphatic heterocycles. The van der Waals surface area contributed by atoms with E-state index in [1.807, 2.05) is 72.6 Å². The van der Waals surface area contributed by atoms with Crippen LogP contribution in [-0.4, -0.2) is 60.2 Å². The summed E-state index contributed by atoms with van der Waals surface area (Å²) in [5.41, 5.74) is 4.53. The summed E-state index contributed by atoms with van der Waals surface area (Å²) in [5.74, 6) is 2.76. The summed E-state index contributed by atoms with van der Waals surface area (Å²) in [6.45, 7) is 4.01. The Kier molecular flexibility index (Phi) is 7.38. The molecule has 7 nitrogen and oxygen atoms in total. The molecular formula is C34H35ClN4O3. The predicted octanol–water partition coefficient (Wildman–Crippen LogP) is 6.84. The van der Waals surface area contributed by atoms with Crippen LogP contribution in [-0.2, 0) is 6.54 Å². The van der Waals surface area contributed by atoms with E-state index in [0.29, 0.717) is 28.9 Å². The lowest BCUT2D eigenvalue weighted by atomic mass is 9.99. The molecule has 3 heterocycles. The van der Waals surface area contributed by atoms with Gasteiger partial charge in [0.15, 0.2) is 11.5 Å². The Morgan fingerprint density at radius 1 is 1.00 bits per heavy atom. The fourth-order valence-electron chi connectivity index (χ4n) is 6.18. The molecule has 0 radical (unpaired) electrons. The van der Waals surface area contributed by atoms with E-state index in [-0.39, 0.29) is 18.7 Å². The number of nitrogens with zero attached hydrogens (tertiary/aromatic N) is 3. The van der Waals surface area contributed by atoms with Gasteiger partial charge < -0.3 is 24.6 Å². The first-order valence-electron chi connectivity index (χ1n) is 14.8. The molecule has 3 aromatic carbocycles. The lowest BCUT2D eigenvalue weighted by Crippen LogP contribution is -2.45. The number of ether oxygens (including phenoxy) is 2. The quantitative estimate of drug-likeness (QED) is 0.233. The minimum absolute atomic E-state index is 0.0378. The summed E-state index contributed by atoms with van der Waals surface area (Å²) < 4.78 is 11.1. The first-order valence-corrected chi connectivity index (χ1v) is 15.2. The fraction of sp³-hybridized carbons (Fsp3) is 0.353. The Morgan fingerprint density at radius 3 is 2.52 bits per heavy atom. The Hall–Kier alpha value is -3.81. The van der Waals surface area contributed by atoms with Crippen LogP contribution in [0.1, 0.15) is 41.6 Å². The summed E-state index contributed by atoms with van der Waals surface area (Å²) in [7, 11) is 1.98. The standard InChI is InChI=1S/C34H35ClN4O3/c1-38(30(23-6-7-23)20-39-14-2-3-15-39)34(40)28-18-33(36-19-22-4-10-26(35)11-5-22)37-29-12-8-24(16-27(28)29)25-9-13-31-32(17-25)42-21-41-31/h4-5,8-13,16-18,23,30H,2-3,6-7,14-15,19-21H2,1H3,(H,36,37)/t30-/m1/s1. The summed E-state index contributed by atoms with van der Waals surface area (Å²) >= 11 is 6.08. The molecule has 1 aromatic heterocycles. The monoisotopic (exact) mass is 582 g/mol. The van der Waals surface area contributed by atoms with Crippen LogP contribution < -0.4 is 14.8 Å². The van der Waals surface area contributed by atoms with E-state index in [1.54, 1.807) is 0 Å². The maximum atomic E-state index is 14.4. The van der Waals surface area contributed by atoms with Crippen LogP contribution in [0.25, 0.3) is 22.0 Å². The van der Waals surface area contributed by atoms with Crippen molar-refractivity contribution >= 4 is 34.2 Å². The highest BCUT2D eigenvalue weighted by Gasteiger charge is 2.38. The minimum Gasteiger partial charge on any atom is -0.454 e. The predicted molar refractivity (Wildman–Crippen MR) is 166 cm³/mol. The summed E-state index contributed by atoms with van der Waals surface area (Å²) in [5, 5.41) is 4.99. The zero-order valence-corrected chi connectivity index (χ0v) is 24.6. The van der Waals surface area contributed by atoms with Gasteiger partial charge in [-0.05, 0) is 104 Å². The lowest BCUT2D eigenvalue weighted by Gasteiger charge is -2.32. The van der Waals surface area contributed by atoms with Crippen LogP contribution in [0.4, 0.5) is 5.82 Å². The highest BCUT2D eigenvalue weighted by Crippen LogP contribution is 2.39. The first-order chi connectivity index (χ1) is 20.5. The largest absolute Gasteiger partial charge is 0.454 e. The molecule has 7 rings (SSSR count). The van der Waals surface area contributed by atoms with E-state index in [0.717, 1.165) is 58.7 Å². The number of likely N-dealkylation sites (tertiary alicyclic amines) is 1. The van der Waals surface area contributed by atoms with Gasteiger partial charge in [0.05, 0.1) is 11.1 Å². The molecule has 2 fully saturated rings. The van der Waals surface area contributed by atoms with Gasteiger partial charge in [-0.15, -0.1) is 0 Å². The number of benzene rings is 3. The summed E-state index contributed by atoms with van der Waals surface area (Å²) in [6, 6.07) is 22.0. The Morgan fingerprint density at radius 2 is 1.74 bits per heavy atom. The average Bonchev–Trinajstić information content (AvgIpc) is 3.51. The van der Waals surface area contributed by atoms with E-state index in [4.69, 9.17) is 26.1 Å². The van der Waals surface area contributed by atoms with Crippen LogP contribution in [0.2, 0.25) is 5.02 Å². The Balaban J connectivity index is 1.24. The third kappa shape index (κ3) is 5.63. The van der Waals surface area contributed by atoms with Gasteiger partial charge in [-0.25, -0.2) is 4.98 Å². The molecule has 8 heteroatoms. The Labute approximate surface area is 251 Å². The maximum Gasteiger partial charge on any atom is 0.254 e. The molecule has 0 unspecified atom stereocenters. The number of hydrogen-bond donors (Lipinski definition) is 1. The van der Waals surface area contributed by atoms with Gasteiger partial charge in [-0.2, -0.15) is 0 Å². The van der Waals surface area contributed by atoms with Gasteiger partial charge in [-0.3, -0.25) is 4.79 Å². The zero-order valence-electron chi connectivity index (χ0n) is 23.8. The highest BCUT2D eigenvalue weighted by atomic mass is 35.5. The molecule has 3 aliphatic rings. The van der Waals surface area contributed by atoms with Gasteiger partial charge in [0.2, 0.25) is 6.79 Å². The summed E-state index contributed by atoms with van der Waals surface area (Å²) in [6.07, 6.45) is 4.87. The number of carbonyl (C=O) groups is 1. The van der Waals surface area contributed by atoms with Crippen LogP contribution in [0.3, 0.4) is 0 Å². The third-order valence-electron chi connectivity index (χ3n) is 8.76. The number of fused-ring (bicyclic) bond motifs is 2. The first kappa shape index (κ1) is 27.0. The molecule has 1 aliphatic carbocycles. The van der Waals surface area contributed by atoms with Crippen molar-refractivity contribution in [1.29, 1.82) is 0 Å². The smallest absolute Gasteiger partial charge is 0.254 e. The maximum absolute atomic E-state index is 14.4. The second-order valence-corrected chi connectivity index (χ2v) is 12.1. The number of aromatic nitrogens is 1. The van der Waals surface area contributed by atoms with Crippen molar-refractivity contribution in [3.05, 3.63) is 82.9 Å². The number of halogens is 1. The van der Waals surface area contributed by atoms with Gasteiger partial charge >= 0.3 is 0 Å². The second kappa shape index (κ2) is 11.5. The number of nitrogens with one attached hydrogen (secondary N) is 1. The number of pyridine rings is 1. The molecule has 0 spiro atoms. The fourth-order valence-corrected chi connectivity index (χ4v) is 6.31. The van der Waals surface area contributed by atoms with Crippen molar-refractivity contribution in [1.82, 2.24) is 14.8 Å². The average molecular weight is 583 g/mol. The SMILES string of the molecule is CN(C(=O)c1cc(NCc2ccc(Cl)cc2)nc2ccc(-c3ccc4c(c3)OCO4)cc12)[C@H](CN1CCCC1)C1CC1. The topological polar surface area (TPSA) is 66.9 Å². The lowest BCUT2D eigenvalue weighted by molar-refractivity contribution is 0.0674. The summed E-state index contributed by atoms with van der Waals surface area (Å²) in [4.78, 5) is 23.8. The second-order valence-electron chi connectivity index (χ2n) is 11.7. The van der Waals surface area contributed by atoms with Crippen molar-refractivity contribution < 1.29 is 14.3 Å². The number of likely N-dealkylation sites (N-methyl/N-ethyl adjacent to an activating group) is 1. The van der Waals surface area contributed by atoms with Gasteiger partial charge in [-0.1, -0.05) is 35.9 Å². The zero-order chi connectivity index (χ0) is 28.6. The molecule has 4 aromatic rings. The van der Waals surface area contributed by atoms with Crippen molar-refractivity contribution in [2.24, 2.45) is 5.92 Å². The van der Waals surface area contributed by atoms with E-state index >= 15 is 0 Å². The molecule has 1 amide bonds. The third-order valence-corrected chi connectivity index (χ3v) is 9.01. The Bertz CT molecular complexity index is 1620. The van der Waals surface area contributed by atoms with Crippen molar-refractivity contribution in [2.75, 3.05) is 38.8 Å². The van der Waals surface area contributed by atoms with E-state index < -0.39 is 0 Å². The number of hydrogen-bond acceptors (Lipinski definition) is 6. The van der Waals surface area contributed by atoms with E-state index in [2.05, 4.69) is 16.3 Å². The van der Waals surface area contributed by atoms with Crippen LogP contribution in [0, 0.1) is 5.92 Å². The van der Waals surface area contributed by atoms with E-state index in [9.17, 15) is 4.79 Å². The van der Waals surface area contributed by atoms with Crippen molar-refractivity contribution in [2.45, 2.75) is 38.3 Å². The number of amides is 1. The molecule has 0 bridgehead atoms. The molecule has 1 saturated heterocycles. The highest BCUT2D eigenvalue weighted by molar-refractivity contribution is 6.30. The van der Waals surface area contributed by atoms with Crippen LogP contribution in [0.5, 0.6) is 11.5 Å². The molecule has 1 saturated carbocycles. The number of carbonyl (C=O) groups excluding carboxylic acids is 1. The van der Waals surface area contributed by atoms with Gasteiger partial charge in [0.1, 0.15) is 5.82 Å². The number of rotatable bonds is 9. The van der Waals surface area contributed by atoms with Crippen molar-refractivity contribution in [3.63, 3.8) is 0 Å². The molecule has 1 N–H and O–H groups in total. The molecule has 1 atom stereocenters. The van der Waals surface area contributed by atoms with Crippen LogP contribution >= 0.6 is 11.6 Å². The van der Waals surface area contributed by atoms with Crippen LogP contribution in [0.15, 0.2) is 66.7 Å². The van der Waals surface area contributed by atoms with Gasteiger partial charge in [0.25, 0.3) is 5.91 Å². The molecular weight excluding hydrogens is 548 g/mol. The minimum atomic E-state index is 0.0378.